The van der Waals surface area contributed by atoms with E-state index < -0.39 is 0 Å². The maximum atomic E-state index is 2.56. The lowest BCUT2D eigenvalue weighted by molar-refractivity contribution is -0.125. The first-order valence-corrected chi connectivity index (χ1v) is 8.49. The van der Waals surface area contributed by atoms with Crippen LogP contribution in [0.2, 0.25) is 0 Å². The lowest BCUT2D eigenvalue weighted by Crippen LogP contribution is -2.53. The molecule has 2 rings (SSSR count). The third kappa shape index (κ3) is 2.88. The molecule has 19 heavy (non-hydrogen) atoms. The van der Waals surface area contributed by atoms with Crippen molar-refractivity contribution in [1.82, 2.24) is 0 Å². The summed E-state index contributed by atoms with van der Waals surface area (Å²) < 4.78 is 0. The summed E-state index contributed by atoms with van der Waals surface area (Å²) >= 11 is 0. The van der Waals surface area contributed by atoms with E-state index in [1.807, 2.05) is 0 Å². The summed E-state index contributed by atoms with van der Waals surface area (Å²) in [4.78, 5) is 0. The van der Waals surface area contributed by atoms with Crippen LogP contribution in [0.4, 0.5) is 0 Å². The SMILES string of the molecule is CC(C)(C)C1C(C)(C)CC2(CCCCC2)CC1(C)C. The van der Waals surface area contributed by atoms with Crippen LogP contribution < -0.4 is 0 Å². The summed E-state index contributed by atoms with van der Waals surface area (Å²) in [7, 11) is 0. The van der Waals surface area contributed by atoms with Gasteiger partial charge in [-0.15, -0.1) is 0 Å². The normalized spacial score (nSPS) is 30.5. The summed E-state index contributed by atoms with van der Waals surface area (Å²) in [5.41, 5.74) is 2.06. The minimum absolute atomic E-state index is 0.420. The molecule has 0 aliphatic heterocycles. The molecule has 0 aromatic rings. The average molecular weight is 264 g/mol. The van der Waals surface area contributed by atoms with Gasteiger partial charge in [0.2, 0.25) is 0 Å². The molecule has 0 nitrogen and oxygen atoms in total. The largest absolute Gasteiger partial charge is 0.0599 e. The molecule has 0 aromatic carbocycles. The molecule has 0 heterocycles. The van der Waals surface area contributed by atoms with E-state index in [1.165, 1.54) is 44.9 Å². The van der Waals surface area contributed by atoms with Crippen molar-refractivity contribution < 1.29 is 0 Å². The van der Waals surface area contributed by atoms with Crippen molar-refractivity contribution in [2.24, 2.45) is 27.6 Å². The molecule has 2 aliphatic carbocycles. The predicted octanol–water partition coefficient (Wildman–Crippen LogP) is 6.45. The molecule has 1 spiro atoms. The standard InChI is InChI=1S/C19H36/c1-16(2,3)15-17(4,5)13-19(14-18(15,6)7)11-9-8-10-12-19/h15H,8-14H2,1-7H3. The fourth-order valence-electron chi connectivity index (χ4n) is 7.26. The molecule has 0 heteroatoms. The first-order chi connectivity index (χ1) is 8.49. The van der Waals surface area contributed by atoms with Gasteiger partial charge in [0.15, 0.2) is 0 Å². The van der Waals surface area contributed by atoms with Gasteiger partial charge < -0.3 is 0 Å². The summed E-state index contributed by atoms with van der Waals surface area (Å²) in [6.07, 6.45) is 10.4. The van der Waals surface area contributed by atoms with E-state index in [4.69, 9.17) is 0 Å². The highest BCUT2D eigenvalue weighted by molar-refractivity contribution is 5.06. The zero-order valence-corrected chi connectivity index (χ0v) is 14.5. The maximum Gasteiger partial charge on any atom is -0.0262 e. The van der Waals surface area contributed by atoms with Gasteiger partial charge >= 0.3 is 0 Å². The molecule has 0 atom stereocenters. The molecule has 0 saturated heterocycles. The van der Waals surface area contributed by atoms with E-state index in [0.717, 1.165) is 5.92 Å². The Kier molecular flexibility index (Phi) is 3.64. The summed E-state index contributed by atoms with van der Waals surface area (Å²) in [5, 5.41) is 0. The summed E-state index contributed by atoms with van der Waals surface area (Å²) in [6, 6.07) is 0. The van der Waals surface area contributed by atoms with Crippen LogP contribution in [0.3, 0.4) is 0 Å². The monoisotopic (exact) mass is 264 g/mol. The second kappa shape index (κ2) is 4.50. The maximum absolute atomic E-state index is 2.56. The van der Waals surface area contributed by atoms with Crippen LogP contribution >= 0.6 is 0 Å². The molecule has 112 valence electrons. The lowest BCUT2D eigenvalue weighted by atomic mass is 9.43. The minimum atomic E-state index is 0.420. The van der Waals surface area contributed by atoms with Crippen molar-refractivity contribution in [2.45, 2.75) is 93.4 Å². The van der Waals surface area contributed by atoms with Gasteiger partial charge in [0.1, 0.15) is 0 Å². The molecule has 0 amide bonds. The first-order valence-electron chi connectivity index (χ1n) is 8.49. The Hall–Kier alpha value is 0. The third-order valence-corrected chi connectivity index (χ3v) is 6.00. The summed E-state index contributed by atoms with van der Waals surface area (Å²) in [5.74, 6) is 0.819. The lowest BCUT2D eigenvalue weighted by Gasteiger charge is -2.62. The smallest absolute Gasteiger partial charge is 0.0262 e. The molecule has 0 N–H and O–H groups in total. The third-order valence-electron chi connectivity index (χ3n) is 6.00. The Labute approximate surface area is 121 Å². The zero-order chi connectivity index (χ0) is 14.5. The van der Waals surface area contributed by atoms with Crippen molar-refractivity contribution in [1.29, 1.82) is 0 Å². The molecular weight excluding hydrogens is 228 g/mol. The van der Waals surface area contributed by atoms with E-state index >= 15 is 0 Å². The molecular formula is C19H36. The molecule has 2 fully saturated rings. The van der Waals surface area contributed by atoms with E-state index in [0.29, 0.717) is 21.7 Å². The number of hydrogen-bond donors (Lipinski definition) is 0. The zero-order valence-electron chi connectivity index (χ0n) is 14.5. The molecule has 0 unspecified atom stereocenters. The van der Waals surface area contributed by atoms with Crippen LogP contribution in [0.1, 0.15) is 93.4 Å². The van der Waals surface area contributed by atoms with Crippen LogP contribution in [0, 0.1) is 27.6 Å². The first kappa shape index (κ1) is 15.4. The fraction of sp³-hybridized carbons (Fsp3) is 1.00. The average Bonchev–Trinajstić information content (AvgIpc) is 2.10. The van der Waals surface area contributed by atoms with Gasteiger partial charge in [0.05, 0.1) is 0 Å². The van der Waals surface area contributed by atoms with Crippen LogP contribution in [0.25, 0.3) is 0 Å². The van der Waals surface area contributed by atoms with Crippen molar-refractivity contribution in [3.63, 3.8) is 0 Å². The predicted molar refractivity (Wildman–Crippen MR) is 85.3 cm³/mol. The Balaban J connectivity index is 2.34. The van der Waals surface area contributed by atoms with Gasteiger partial charge in [0.25, 0.3) is 0 Å². The van der Waals surface area contributed by atoms with Crippen molar-refractivity contribution in [3.8, 4) is 0 Å². The van der Waals surface area contributed by atoms with E-state index in [1.54, 1.807) is 0 Å². The Morgan fingerprint density at radius 1 is 0.737 bits per heavy atom. The van der Waals surface area contributed by atoms with Gasteiger partial charge in [-0.3, -0.25) is 0 Å². The molecule has 2 aliphatic rings. The fourth-order valence-corrected chi connectivity index (χ4v) is 7.26. The van der Waals surface area contributed by atoms with Crippen molar-refractivity contribution in [2.75, 3.05) is 0 Å². The highest BCUT2D eigenvalue weighted by atomic mass is 14.6. The van der Waals surface area contributed by atoms with E-state index in [9.17, 15) is 0 Å². The van der Waals surface area contributed by atoms with Crippen LogP contribution in [-0.2, 0) is 0 Å². The van der Waals surface area contributed by atoms with Gasteiger partial charge in [-0.25, -0.2) is 0 Å². The van der Waals surface area contributed by atoms with Crippen molar-refractivity contribution in [3.05, 3.63) is 0 Å². The highest BCUT2D eigenvalue weighted by Gasteiger charge is 2.56. The van der Waals surface area contributed by atoms with Crippen LogP contribution in [0.5, 0.6) is 0 Å². The van der Waals surface area contributed by atoms with E-state index in [-0.39, 0.29) is 0 Å². The molecule has 2 saturated carbocycles. The van der Waals surface area contributed by atoms with E-state index in [2.05, 4.69) is 48.5 Å². The van der Waals surface area contributed by atoms with Crippen molar-refractivity contribution >= 4 is 0 Å². The van der Waals surface area contributed by atoms with Gasteiger partial charge in [-0.2, -0.15) is 0 Å². The molecule has 0 bridgehead atoms. The Morgan fingerprint density at radius 3 is 1.53 bits per heavy atom. The number of rotatable bonds is 0. The minimum Gasteiger partial charge on any atom is -0.0599 e. The highest BCUT2D eigenvalue weighted by Crippen LogP contribution is 2.65. The van der Waals surface area contributed by atoms with Crippen LogP contribution in [0.15, 0.2) is 0 Å². The topological polar surface area (TPSA) is 0 Å². The van der Waals surface area contributed by atoms with Gasteiger partial charge in [-0.1, -0.05) is 67.7 Å². The van der Waals surface area contributed by atoms with Gasteiger partial charge in [0, 0.05) is 0 Å². The molecule has 0 aromatic heterocycles. The molecule has 0 radical (unpaired) electrons. The summed E-state index contributed by atoms with van der Waals surface area (Å²) in [6.45, 7) is 17.6. The Bertz CT molecular complexity index is 300. The second-order valence-corrected chi connectivity index (χ2v) is 10.2. The Morgan fingerprint density at radius 2 is 1.16 bits per heavy atom. The van der Waals surface area contributed by atoms with Gasteiger partial charge in [-0.05, 0) is 53.3 Å². The quantitative estimate of drug-likeness (QED) is 0.472. The number of hydrogen-bond acceptors (Lipinski definition) is 0. The van der Waals surface area contributed by atoms with Crippen LogP contribution in [-0.4, -0.2) is 0 Å². The second-order valence-electron chi connectivity index (χ2n) is 10.2.